The summed E-state index contributed by atoms with van der Waals surface area (Å²) in [5, 5.41) is 5.69. The molecule has 0 aliphatic heterocycles. The quantitative estimate of drug-likeness (QED) is 0.762. The monoisotopic (exact) mass is 302 g/mol. The van der Waals surface area contributed by atoms with Crippen LogP contribution in [-0.4, -0.2) is 59.2 Å². The first-order valence-electron chi connectivity index (χ1n) is 6.15. The zero-order chi connectivity index (χ0) is 15.1. The number of nitrogens with one attached hydrogen (secondary N) is 2. The summed E-state index contributed by atoms with van der Waals surface area (Å²) in [6.45, 7) is 4.62. The van der Waals surface area contributed by atoms with E-state index in [2.05, 4.69) is 25.6 Å². The van der Waals surface area contributed by atoms with Crippen molar-refractivity contribution in [3.63, 3.8) is 0 Å². The maximum absolute atomic E-state index is 11.3. The van der Waals surface area contributed by atoms with E-state index in [0.29, 0.717) is 19.0 Å². The van der Waals surface area contributed by atoms with Crippen LogP contribution in [0.2, 0.25) is 5.28 Å². The number of carbonyl (C=O) groups is 1. The summed E-state index contributed by atoms with van der Waals surface area (Å²) < 4.78 is 5.35. The van der Waals surface area contributed by atoms with Gasteiger partial charge in [-0.05, 0) is 25.4 Å². The van der Waals surface area contributed by atoms with Crippen LogP contribution in [0.1, 0.15) is 13.8 Å². The molecule has 0 radical (unpaired) electrons. The van der Waals surface area contributed by atoms with Crippen LogP contribution in [0.5, 0.6) is 6.01 Å². The molecule has 0 atom stereocenters. The number of nitrogens with zero attached hydrogens (tertiary/aromatic N) is 4. The highest BCUT2D eigenvalue weighted by Gasteiger charge is 2.07. The van der Waals surface area contributed by atoms with Crippen molar-refractivity contribution in [2.24, 2.45) is 0 Å². The molecule has 1 rings (SSSR count). The molecule has 0 aromatic carbocycles. The molecule has 9 heteroatoms. The van der Waals surface area contributed by atoms with Crippen LogP contribution in [0.15, 0.2) is 0 Å². The fraction of sp³-hybridized carbons (Fsp3) is 0.636. The minimum atomic E-state index is -0.163. The molecular formula is C11H19ClN6O2. The van der Waals surface area contributed by atoms with Gasteiger partial charge < -0.3 is 20.3 Å². The van der Waals surface area contributed by atoms with Gasteiger partial charge in [0.2, 0.25) is 11.2 Å². The van der Waals surface area contributed by atoms with E-state index in [1.54, 1.807) is 14.1 Å². The lowest BCUT2D eigenvalue weighted by molar-refractivity contribution is 0.217. The summed E-state index contributed by atoms with van der Waals surface area (Å²) in [5.74, 6) is 0.305. The average Bonchev–Trinajstić information content (AvgIpc) is 2.32. The van der Waals surface area contributed by atoms with Crippen LogP contribution in [0.25, 0.3) is 0 Å². The molecule has 0 aliphatic rings. The predicted molar refractivity (Wildman–Crippen MR) is 76.2 cm³/mol. The zero-order valence-corrected chi connectivity index (χ0v) is 12.7. The molecule has 0 saturated carbocycles. The fourth-order valence-corrected chi connectivity index (χ4v) is 1.33. The normalized spacial score (nSPS) is 10.3. The molecule has 8 nitrogen and oxygen atoms in total. The van der Waals surface area contributed by atoms with Crippen molar-refractivity contribution in [2.45, 2.75) is 20.0 Å². The Labute approximate surface area is 122 Å². The Kier molecular flexibility index (Phi) is 6.23. The number of rotatable bonds is 6. The second kappa shape index (κ2) is 7.68. The summed E-state index contributed by atoms with van der Waals surface area (Å²) >= 11 is 5.78. The van der Waals surface area contributed by atoms with Gasteiger partial charge in [-0.2, -0.15) is 15.0 Å². The third-order valence-corrected chi connectivity index (χ3v) is 2.19. The van der Waals surface area contributed by atoms with Crippen molar-refractivity contribution >= 4 is 23.6 Å². The molecule has 1 aromatic heterocycles. The van der Waals surface area contributed by atoms with Crippen LogP contribution in [0.4, 0.5) is 10.7 Å². The van der Waals surface area contributed by atoms with E-state index in [-0.39, 0.29) is 23.4 Å². The van der Waals surface area contributed by atoms with Crippen molar-refractivity contribution in [3.05, 3.63) is 5.28 Å². The smallest absolute Gasteiger partial charge is 0.322 e. The first-order chi connectivity index (χ1) is 9.38. The van der Waals surface area contributed by atoms with Gasteiger partial charge in [0.25, 0.3) is 0 Å². The van der Waals surface area contributed by atoms with Crippen LogP contribution >= 0.6 is 11.6 Å². The van der Waals surface area contributed by atoms with Crippen molar-refractivity contribution in [1.82, 2.24) is 25.2 Å². The third-order valence-electron chi connectivity index (χ3n) is 2.02. The van der Waals surface area contributed by atoms with E-state index in [9.17, 15) is 4.79 Å². The van der Waals surface area contributed by atoms with Gasteiger partial charge in [-0.25, -0.2) is 4.79 Å². The first kappa shape index (κ1) is 16.2. The minimum absolute atomic E-state index is 0.0514. The number of carbonyl (C=O) groups excluding carboxylic acids is 1. The molecule has 2 amide bonds. The summed E-state index contributed by atoms with van der Waals surface area (Å²) in [6.07, 6.45) is -0.0549. The van der Waals surface area contributed by atoms with Crippen LogP contribution in [-0.2, 0) is 0 Å². The van der Waals surface area contributed by atoms with Crippen molar-refractivity contribution in [1.29, 1.82) is 0 Å². The van der Waals surface area contributed by atoms with Crippen LogP contribution in [0, 0.1) is 0 Å². The summed E-state index contributed by atoms with van der Waals surface area (Å²) in [6, 6.07) is 0.00383. The molecule has 0 aliphatic carbocycles. The molecule has 0 fully saturated rings. The van der Waals surface area contributed by atoms with Crippen LogP contribution in [0.3, 0.4) is 0 Å². The van der Waals surface area contributed by atoms with E-state index in [4.69, 9.17) is 16.3 Å². The number of hydrogen-bond acceptors (Lipinski definition) is 6. The highest BCUT2D eigenvalue weighted by molar-refractivity contribution is 6.28. The molecule has 1 heterocycles. The lowest BCUT2D eigenvalue weighted by atomic mass is 10.5. The lowest BCUT2D eigenvalue weighted by Crippen LogP contribution is -2.37. The van der Waals surface area contributed by atoms with Crippen molar-refractivity contribution in [3.8, 4) is 6.01 Å². The molecule has 0 unspecified atom stereocenters. The van der Waals surface area contributed by atoms with E-state index in [1.807, 2.05) is 13.8 Å². The minimum Gasteiger partial charge on any atom is -0.461 e. The standard InChI is InChI=1S/C11H19ClN6O2/c1-7(2)20-10-16-8(12)15-9(17-10)13-5-6-14-11(19)18(3)4/h7H,5-6H2,1-4H3,(H,14,19)(H,13,15,16,17). The van der Waals surface area contributed by atoms with Gasteiger partial charge in [-0.15, -0.1) is 0 Å². The van der Waals surface area contributed by atoms with E-state index in [1.165, 1.54) is 4.90 Å². The van der Waals surface area contributed by atoms with E-state index >= 15 is 0 Å². The van der Waals surface area contributed by atoms with E-state index < -0.39 is 0 Å². The van der Waals surface area contributed by atoms with E-state index in [0.717, 1.165) is 0 Å². The number of ether oxygens (including phenoxy) is 1. The lowest BCUT2D eigenvalue weighted by Gasteiger charge is -2.12. The zero-order valence-electron chi connectivity index (χ0n) is 12.0. The van der Waals surface area contributed by atoms with Crippen molar-refractivity contribution < 1.29 is 9.53 Å². The van der Waals surface area contributed by atoms with Gasteiger partial charge in [-0.1, -0.05) is 0 Å². The second-order valence-electron chi connectivity index (χ2n) is 4.43. The highest BCUT2D eigenvalue weighted by atomic mass is 35.5. The van der Waals surface area contributed by atoms with Gasteiger partial charge in [0.1, 0.15) is 0 Å². The largest absolute Gasteiger partial charge is 0.461 e. The molecular weight excluding hydrogens is 284 g/mol. The molecule has 20 heavy (non-hydrogen) atoms. The Morgan fingerprint density at radius 2 is 2.00 bits per heavy atom. The Bertz CT molecular complexity index is 455. The molecule has 0 bridgehead atoms. The van der Waals surface area contributed by atoms with Gasteiger partial charge >= 0.3 is 12.0 Å². The van der Waals surface area contributed by atoms with Crippen molar-refractivity contribution in [2.75, 3.05) is 32.5 Å². The number of anilines is 1. The summed E-state index contributed by atoms with van der Waals surface area (Å²) in [4.78, 5) is 24.6. The summed E-state index contributed by atoms with van der Waals surface area (Å²) in [7, 11) is 3.34. The van der Waals surface area contributed by atoms with Gasteiger partial charge in [0, 0.05) is 27.2 Å². The Balaban J connectivity index is 2.47. The molecule has 112 valence electrons. The molecule has 2 N–H and O–H groups in total. The summed E-state index contributed by atoms with van der Waals surface area (Å²) in [5.41, 5.74) is 0. The Morgan fingerprint density at radius 3 is 2.60 bits per heavy atom. The number of hydrogen-bond donors (Lipinski definition) is 2. The SMILES string of the molecule is CC(C)Oc1nc(Cl)nc(NCCNC(=O)N(C)C)n1. The van der Waals surface area contributed by atoms with Gasteiger partial charge in [-0.3, -0.25) is 0 Å². The first-order valence-corrected chi connectivity index (χ1v) is 6.53. The maximum atomic E-state index is 11.3. The molecule has 0 saturated heterocycles. The Hall–Kier alpha value is -1.83. The maximum Gasteiger partial charge on any atom is 0.322 e. The number of aromatic nitrogens is 3. The molecule has 1 aromatic rings. The number of urea groups is 1. The topological polar surface area (TPSA) is 92.3 Å². The predicted octanol–water partition coefficient (Wildman–Crippen LogP) is 0.995. The number of amides is 2. The van der Waals surface area contributed by atoms with Gasteiger partial charge in [0.15, 0.2) is 0 Å². The second-order valence-corrected chi connectivity index (χ2v) is 4.77. The van der Waals surface area contributed by atoms with Gasteiger partial charge in [0.05, 0.1) is 6.10 Å². The Morgan fingerprint density at radius 1 is 1.30 bits per heavy atom. The number of halogens is 1. The fourth-order valence-electron chi connectivity index (χ4n) is 1.18. The average molecular weight is 303 g/mol. The third kappa shape index (κ3) is 5.87. The highest BCUT2D eigenvalue weighted by Crippen LogP contribution is 2.12. The van der Waals surface area contributed by atoms with Crippen LogP contribution < -0.4 is 15.4 Å². The molecule has 0 spiro atoms.